The maximum atomic E-state index is 14.5. The summed E-state index contributed by atoms with van der Waals surface area (Å²) in [5.74, 6) is -14.3. The molecule has 3 rings (SSSR count). The zero-order valence-electron chi connectivity index (χ0n) is 53.9. The minimum absolute atomic E-state index is 0.0268. The molecule has 33 nitrogen and oxygen atoms in total. The Labute approximate surface area is 535 Å². The van der Waals surface area contributed by atoms with Crippen LogP contribution in [0.4, 0.5) is 0 Å². The molecule has 1 aromatic rings. The van der Waals surface area contributed by atoms with Crippen LogP contribution in [0.25, 0.3) is 0 Å². The molecule has 516 valence electrons. The van der Waals surface area contributed by atoms with Crippen LogP contribution in [0.1, 0.15) is 120 Å². The second-order valence-corrected chi connectivity index (χ2v) is 24.4. The monoisotopic (exact) mass is 1320 g/mol. The summed E-state index contributed by atoms with van der Waals surface area (Å²) in [6, 6.07) is -8.16. The predicted molar refractivity (Wildman–Crippen MR) is 332 cm³/mol. The lowest BCUT2D eigenvalue weighted by molar-refractivity contribution is -0.157. The van der Waals surface area contributed by atoms with Crippen LogP contribution in [-0.2, 0) is 83.3 Å². The molecule has 0 radical (unpaired) electrons. The Morgan fingerprint density at radius 2 is 1.18 bits per heavy atom. The van der Waals surface area contributed by atoms with Crippen LogP contribution in [0, 0.1) is 23.7 Å². The first-order valence-electron chi connectivity index (χ1n) is 30.8. The largest absolute Gasteiger partial charge is 0.458 e. The quantitative estimate of drug-likeness (QED) is 0.0229. The van der Waals surface area contributed by atoms with E-state index in [4.69, 9.17) is 16.2 Å². The van der Waals surface area contributed by atoms with Gasteiger partial charge in [0.25, 0.3) is 0 Å². The highest BCUT2D eigenvalue weighted by Gasteiger charge is 2.42. The standard InChI is InChI=1S/C58H95N15O18S/c1-12-28(5)42(70-49(78)37(61-11)23-34-19-17-16-18-20-34)54(83)68-40(27-90-92(87,88)89)52(81)65-36(21-22-41(59)75)48(77)69-44(30(7)14-3)55(84)71-43(29(6)13-2)53(82)67-39(26-74)51(80)73-46-33(10)91-57(86)45(31(8)15-4)72-50(79)38(24-35-25-62-58(60)64-35)66-47(76)32(9)63-56(46)85/h16-20,28-33,35-40,42-46,61,74H,12-15,21-27H2,1-11H3,(H2,59,75)(H,63,85)(H,65,81)(H,66,76)(H,67,82)(H,68,83)(H,69,77)(H,70,78)(H,71,84)(H,72,79)(H,73,80)(H3,60,62,64)(H,87,88,89)/t28-,29-,30-,31-,32-,33-,35-,36+,37+,38-,39-,40-,42-,43-,44+,45-,46+/m0/s1. The topological polar surface area (TPSA) is 507 Å². The number of likely N-dealkylation sites (N-methyl/N-ethyl adjacent to an activating group) is 1. The number of carbonyl (C=O) groups excluding carboxylic acids is 12. The highest BCUT2D eigenvalue weighted by Crippen LogP contribution is 2.18. The van der Waals surface area contributed by atoms with E-state index in [0.717, 1.165) is 5.56 Å². The molecule has 0 saturated carbocycles. The number of guanidine groups is 1. The van der Waals surface area contributed by atoms with E-state index in [1.54, 1.807) is 92.8 Å². The van der Waals surface area contributed by atoms with Gasteiger partial charge < -0.3 is 85.1 Å². The lowest BCUT2D eigenvalue weighted by Gasteiger charge is -2.31. The number of aliphatic hydroxyl groups excluding tert-OH is 1. The summed E-state index contributed by atoms with van der Waals surface area (Å²) < 4.78 is 43.4. The number of primary amides is 1. The van der Waals surface area contributed by atoms with E-state index in [9.17, 15) is 75.6 Å². The molecule has 0 unspecified atom stereocenters. The van der Waals surface area contributed by atoms with Crippen molar-refractivity contribution < 1.29 is 84.5 Å². The van der Waals surface area contributed by atoms with Crippen molar-refractivity contribution in [3.63, 3.8) is 0 Å². The van der Waals surface area contributed by atoms with Gasteiger partial charge in [0.05, 0.1) is 31.8 Å². The zero-order chi connectivity index (χ0) is 69.3. The molecule has 0 aliphatic carbocycles. The van der Waals surface area contributed by atoms with Gasteiger partial charge in [-0.15, -0.1) is 0 Å². The average molecular weight is 1320 g/mol. The first-order valence-corrected chi connectivity index (χ1v) is 32.1. The summed E-state index contributed by atoms with van der Waals surface area (Å²) in [6.07, 6.45) is -1.36. The minimum Gasteiger partial charge on any atom is -0.458 e. The molecule has 11 amide bonds. The number of nitrogens with two attached hydrogens (primary N) is 2. The number of aliphatic imine (C=N–C) groups is 1. The summed E-state index contributed by atoms with van der Waals surface area (Å²) in [6.45, 7) is 13.6. The molecule has 1 saturated heterocycles. The molecule has 18 N–H and O–H groups in total. The number of cyclic esters (lactones) is 1. The molecule has 1 aromatic carbocycles. The molecule has 0 bridgehead atoms. The highest BCUT2D eigenvalue weighted by atomic mass is 32.3. The van der Waals surface area contributed by atoms with Crippen LogP contribution in [0.3, 0.4) is 0 Å². The van der Waals surface area contributed by atoms with Gasteiger partial charge in [-0.05, 0) is 69.4 Å². The van der Waals surface area contributed by atoms with Gasteiger partial charge in [-0.1, -0.05) is 111 Å². The average Bonchev–Trinajstić information content (AvgIpc) is 1.29. The Balaban J connectivity index is 1.91. The lowest BCUT2D eigenvalue weighted by atomic mass is 9.94. The van der Waals surface area contributed by atoms with Gasteiger partial charge in [-0.25, -0.2) is 8.98 Å². The van der Waals surface area contributed by atoms with Gasteiger partial charge in [-0.2, -0.15) is 8.42 Å². The summed E-state index contributed by atoms with van der Waals surface area (Å²) in [5, 5.41) is 41.3. The van der Waals surface area contributed by atoms with E-state index in [-0.39, 0.29) is 38.2 Å². The van der Waals surface area contributed by atoms with Crippen LogP contribution in [-0.4, -0.2) is 200 Å². The number of rotatable bonds is 34. The Morgan fingerprint density at radius 3 is 1.67 bits per heavy atom. The van der Waals surface area contributed by atoms with Crippen molar-refractivity contribution >= 4 is 87.3 Å². The number of nitrogens with zero attached hydrogens (tertiary/aromatic N) is 1. The van der Waals surface area contributed by atoms with Gasteiger partial charge in [0, 0.05) is 6.42 Å². The van der Waals surface area contributed by atoms with E-state index in [2.05, 4.69) is 73.0 Å². The van der Waals surface area contributed by atoms with Crippen molar-refractivity contribution in [3.05, 3.63) is 35.9 Å². The van der Waals surface area contributed by atoms with Gasteiger partial charge in [0.1, 0.15) is 66.5 Å². The number of benzene rings is 1. The van der Waals surface area contributed by atoms with Crippen LogP contribution in [0.5, 0.6) is 0 Å². The van der Waals surface area contributed by atoms with Crippen LogP contribution >= 0.6 is 0 Å². The van der Waals surface area contributed by atoms with Crippen LogP contribution < -0.4 is 75.3 Å². The molecule has 34 heteroatoms. The molecule has 2 heterocycles. The Morgan fingerprint density at radius 1 is 0.674 bits per heavy atom. The molecule has 0 aromatic heterocycles. The second kappa shape index (κ2) is 37.4. The van der Waals surface area contributed by atoms with Gasteiger partial charge in [0.15, 0.2) is 5.96 Å². The van der Waals surface area contributed by atoms with Gasteiger partial charge >= 0.3 is 16.4 Å². The van der Waals surface area contributed by atoms with Crippen LogP contribution in [0.2, 0.25) is 0 Å². The molecular formula is C58H95N15O18S. The summed E-state index contributed by atoms with van der Waals surface area (Å²) in [7, 11) is -3.74. The SMILES string of the molecule is CC[C@H](C)[C@H](NC(=O)[C@@H](Cc1ccccc1)NC)C(=O)N[C@@H](COS(=O)(=O)O)C(=O)N[C@H](CCC(N)=O)C(=O)N[C@@H](C(=O)N[C@H](C(=O)N[C@@H](CO)C(=O)N[C@H]1C(=O)N[C@@H](C)C(=O)N[C@@H](C[C@H]2CN=C(N)N2)C(=O)N[C@@H]([C@@H](C)CC)C(=O)O[C@H]1C)[C@@H](C)CC)[C@@H](C)CC. The zero-order valence-corrected chi connectivity index (χ0v) is 54.7. The predicted octanol–water partition coefficient (Wildman–Crippen LogP) is -4.43. The number of esters is 1. The molecule has 2 aliphatic heterocycles. The fourth-order valence-corrected chi connectivity index (χ4v) is 9.94. The van der Waals surface area contributed by atoms with E-state index in [0.29, 0.717) is 12.8 Å². The number of ether oxygens (including phenoxy) is 1. The van der Waals surface area contributed by atoms with E-state index < -0.39 is 210 Å². The molecule has 2 aliphatic rings. The van der Waals surface area contributed by atoms with E-state index >= 15 is 0 Å². The first kappa shape index (κ1) is 78.2. The number of aliphatic hydroxyl groups is 1. The molecule has 92 heavy (non-hydrogen) atoms. The molecule has 17 atom stereocenters. The van der Waals surface area contributed by atoms with Gasteiger partial charge in [-0.3, -0.25) is 62.3 Å². The number of amides is 11. The summed E-state index contributed by atoms with van der Waals surface area (Å²) in [5.41, 5.74) is 12.0. The van der Waals surface area contributed by atoms with E-state index in [1.807, 2.05) is 0 Å². The van der Waals surface area contributed by atoms with Crippen molar-refractivity contribution in [2.75, 3.05) is 26.8 Å². The Bertz CT molecular complexity index is 2890. The van der Waals surface area contributed by atoms with Crippen molar-refractivity contribution in [1.82, 2.24) is 63.8 Å². The third-order valence-corrected chi connectivity index (χ3v) is 16.8. The summed E-state index contributed by atoms with van der Waals surface area (Å²) >= 11 is 0. The van der Waals surface area contributed by atoms with Crippen molar-refractivity contribution in [2.24, 2.45) is 40.1 Å². The lowest BCUT2D eigenvalue weighted by Crippen LogP contribution is -2.63. The number of hydrogen-bond acceptors (Lipinski definition) is 21. The van der Waals surface area contributed by atoms with Crippen molar-refractivity contribution in [3.8, 4) is 0 Å². The Kier molecular flexibility index (Phi) is 31.8. The fourth-order valence-electron chi connectivity index (χ4n) is 9.64. The third-order valence-electron chi connectivity index (χ3n) is 16.3. The third kappa shape index (κ3) is 24.5. The van der Waals surface area contributed by atoms with Gasteiger partial charge in [0.2, 0.25) is 65.0 Å². The number of carbonyl (C=O) groups is 12. The second-order valence-electron chi connectivity index (χ2n) is 23.3. The maximum Gasteiger partial charge on any atom is 0.397 e. The first-order chi connectivity index (χ1) is 43.2. The van der Waals surface area contributed by atoms with Crippen molar-refractivity contribution in [2.45, 2.75) is 199 Å². The maximum absolute atomic E-state index is 14.5. The fraction of sp³-hybridized carbons (Fsp3) is 0.672. The minimum atomic E-state index is -5.28. The van der Waals surface area contributed by atoms with Crippen LogP contribution in [0.15, 0.2) is 35.3 Å². The Hall–Kier alpha value is -8.08. The summed E-state index contributed by atoms with van der Waals surface area (Å²) in [4.78, 5) is 171. The molecule has 0 spiro atoms. The van der Waals surface area contributed by atoms with Crippen molar-refractivity contribution in [1.29, 1.82) is 0 Å². The van der Waals surface area contributed by atoms with E-state index in [1.165, 1.54) is 13.8 Å². The number of nitrogens with one attached hydrogen (secondary N) is 12. The smallest absolute Gasteiger partial charge is 0.397 e. The molecule has 1 fully saturated rings. The highest BCUT2D eigenvalue weighted by molar-refractivity contribution is 7.80. The number of hydrogen-bond donors (Lipinski definition) is 16. The molecular weight excluding hydrogens is 1230 g/mol. The normalized spacial score (nSPS) is 22.4.